The number of rotatable bonds is 5. The van der Waals surface area contributed by atoms with E-state index < -0.39 is 0 Å². The molecule has 4 heteroatoms. The molecule has 0 spiro atoms. The molecule has 1 heterocycles. The van der Waals surface area contributed by atoms with Crippen LogP contribution in [0.4, 0.5) is 0 Å². The smallest absolute Gasteiger partial charge is 0.154 e. The summed E-state index contributed by atoms with van der Waals surface area (Å²) in [7, 11) is 1.96. The molecule has 2 aromatic rings. The lowest BCUT2D eigenvalue weighted by molar-refractivity contribution is 0.317. The highest BCUT2D eigenvalue weighted by Crippen LogP contribution is 2.37. The van der Waals surface area contributed by atoms with Crippen LogP contribution < -0.4 is 4.74 Å². The van der Waals surface area contributed by atoms with Gasteiger partial charge in [0.25, 0.3) is 0 Å². The quantitative estimate of drug-likeness (QED) is 0.809. The minimum Gasteiger partial charge on any atom is -0.493 e. The first-order valence-corrected chi connectivity index (χ1v) is 6.40. The number of ether oxygens (including phenoxy) is 1. The third-order valence-corrected chi connectivity index (χ3v) is 3.15. The van der Waals surface area contributed by atoms with E-state index in [1.165, 1.54) is 12.8 Å². The minimum absolute atomic E-state index is 0.611. The monoisotopic (exact) mass is 243 g/mol. The van der Waals surface area contributed by atoms with E-state index in [0.29, 0.717) is 12.5 Å². The molecule has 0 aliphatic heterocycles. The topological polar surface area (TPSA) is 39.9 Å². The van der Waals surface area contributed by atoms with Gasteiger partial charge in [-0.15, -0.1) is 0 Å². The second-order valence-electron chi connectivity index (χ2n) is 4.70. The predicted molar refractivity (Wildman–Crippen MR) is 68.6 cm³/mol. The van der Waals surface area contributed by atoms with Crippen LogP contribution in [0.25, 0.3) is 0 Å². The molecule has 1 aromatic carbocycles. The SMILES string of the molecule is Cn1nc(C2CC2)nc1CCOc1ccccc1. The van der Waals surface area contributed by atoms with Crippen LogP contribution in [0.1, 0.15) is 30.4 Å². The second-order valence-corrected chi connectivity index (χ2v) is 4.70. The van der Waals surface area contributed by atoms with Crippen molar-refractivity contribution in [3.8, 4) is 5.75 Å². The zero-order chi connectivity index (χ0) is 12.4. The van der Waals surface area contributed by atoms with E-state index >= 15 is 0 Å². The molecule has 0 bridgehead atoms. The fraction of sp³-hybridized carbons (Fsp3) is 0.429. The molecular weight excluding hydrogens is 226 g/mol. The molecule has 0 atom stereocenters. The second kappa shape index (κ2) is 4.80. The van der Waals surface area contributed by atoms with Crippen LogP contribution in [0.15, 0.2) is 30.3 Å². The first kappa shape index (κ1) is 11.3. The van der Waals surface area contributed by atoms with Crippen LogP contribution >= 0.6 is 0 Å². The molecule has 1 aliphatic rings. The maximum absolute atomic E-state index is 5.67. The maximum Gasteiger partial charge on any atom is 0.154 e. The standard InChI is InChI=1S/C14H17N3O/c1-17-13(15-14(16-17)11-7-8-11)9-10-18-12-5-3-2-4-6-12/h2-6,11H,7-10H2,1H3. The highest BCUT2D eigenvalue weighted by molar-refractivity contribution is 5.20. The molecule has 1 aliphatic carbocycles. The van der Waals surface area contributed by atoms with Crippen molar-refractivity contribution in [2.24, 2.45) is 7.05 Å². The van der Waals surface area contributed by atoms with Crippen LogP contribution in [0, 0.1) is 0 Å². The summed E-state index contributed by atoms with van der Waals surface area (Å²) < 4.78 is 7.55. The van der Waals surface area contributed by atoms with E-state index in [1.54, 1.807) is 0 Å². The van der Waals surface area contributed by atoms with Crippen molar-refractivity contribution in [2.45, 2.75) is 25.2 Å². The molecule has 1 saturated carbocycles. The van der Waals surface area contributed by atoms with Crippen LogP contribution in [-0.4, -0.2) is 21.4 Å². The van der Waals surface area contributed by atoms with E-state index in [4.69, 9.17) is 4.74 Å². The van der Waals surface area contributed by atoms with Gasteiger partial charge >= 0.3 is 0 Å². The molecule has 0 amide bonds. The van der Waals surface area contributed by atoms with Crippen molar-refractivity contribution in [3.05, 3.63) is 42.0 Å². The van der Waals surface area contributed by atoms with Gasteiger partial charge in [0, 0.05) is 19.4 Å². The van der Waals surface area contributed by atoms with Crippen molar-refractivity contribution in [1.82, 2.24) is 14.8 Å². The zero-order valence-electron chi connectivity index (χ0n) is 10.5. The molecule has 0 unspecified atom stereocenters. The van der Waals surface area contributed by atoms with E-state index in [0.717, 1.165) is 23.8 Å². The van der Waals surface area contributed by atoms with Crippen LogP contribution in [0.2, 0.25) is 0 Å². The number of aryl methyl sites for hydroxylation is 1. The van der Waals surface area contributed by atoms with Gasteiger partial charge < -0.3 is 4.74 Å². The average Bonchev–Trinajstić information content (AvgIpc) is 3.17. The molecular formula is C14H17N3O. The van der Waals surface area contributed by atoms with Gasteiger partial charge in [0.15, 0.2) is 5.82 Å². The summed E-state index contributed by atoms with van der Waals surface area (Å²) in [4.78, 5) is 4.57. The molecule has 4 nitrogen and oxygen atoms in total. The van der Waals surface area contributed by atoms with Crippen LogP contribution in [-0.2, 0) is 13.5 Å². The van der Waals surface area contributed by atoms with Crippen molar-refractivity contribution in [3.63, 3.8) is 0 Å². The maximum atomic E-state index is 5.67. The third-order valence-electron chi connectivity index (χ3n) is 3.15. The highest BCUT2D eigenvalue weighted by atomic mass is 16.5. The molecule has 0 N–H and O–H groups in total. The Bertz CT molecular complexity index is 517. The lowest BCUT2D eigenvalue weighted by Crippen LogP contribution is -2.06. The molecule has 18 heavy (non-hydrogen) atoms. The Hall–Kier alpha value is -1.84. The van der Waals surface area contributed by atoms with Gasteiger partial charge in [-0.3, -0.25) is 4.68 Å². The van der Waals surface area contributed by atoms with Gasteiger partial charge in [-0.2, -0.15) is 5.10 Å². The Kier molecular flexibility index (Phi) is 3.00. The lowest BCUT2D eigenvalue weighted by Gasteiger charge is -2.04. The number of benzene rings is 1. The van der Waals surface area contributed by atoms with Gasteiger partial charge in [-0.25, -0.2) is 4.98 Å². The molecule has 0 saturated heterocycles. The Morgan fingerprint density at radius 3 is 2.78 bits per heavy atom. The first-order chi connectivity index (χ1) is 8.83. The van der Waals surface area contributed by atoms with Crippen molar-refractivity contribution in [2.75, 3.05) is 6.61 Å². The Labute approximate surface area is 107 Å². The van der Waals surface area contributed by atoms with Gasteiger partial charge in [-0.1, -0.05) is 18.2 Å². The number of para-hydroxylation sites is 1. The largest absolute Gasteiger partial charge is 0.493 e. The molecule has 1 fully saturated rings. The van der Waals surface area contributed by atoms with Crippen LogP contribution in [0.3, 0.4) is 0 Å². The van der Waals surface area contributed by atoms with Gasteiger partial charge in [0.05, 0.1) is 6.61 Å². The van der Waals surface area contributed by atoms with Crippen LogP contribution in [0.5, 0.6) is 5.75 Å². The van der Waals surface area contributed by atoms with E-state index in [9.17, 15) is 0 Å². The lowest BCUT2D eigenvalue weighted by atomic mass is 10.3. The molecule has 1 aromatic heterocycles. The number of hydrogen-bond donors (Lipinski definition) is 0. The van der Waals surface area contributed by atoms with E-state index in [2.05, 4.69) is 10.1 Å². The number of nitrogens with zero attached hydrogens (tertiary/aromatic N) is 3. The summed E-state index contributed by atoms with van der Waals surface area (Å²) in [6.07, 6.45) is 3.28. The van der Waals surface area contributed by atoms with Crippen molar-refractivity contribution >= 4 is 0 Å². The highest BCUT2D eigenvalue weighted by Gasteiger charge is 2.28. The van der Waals surface area contributed by atoms with Crippen molar-refractivity contribution in [1.29, 1.82) is 0 Å². The predicted octanol–water partition coefficient (Wildman–Crippen LogP) is 2.31. The zero-order valence-corrected chi connectivity index (χ0v) is 10.5. The summed E-state index contributed by atoms with van der Waals surface area (Å²) in [6.45, 7) is 0.640. The average molecular weight is 243 g/mol. The van der Waals surface area contributed by atoms with E-state index in [-0.39, 0.29) is 0 Å². The molecule has 3 rings (SSSR count). The fourth-order valence-electron chi connectivity index (χ4n) is 1.95. The molecule has 0 radical (unpaired) electrons. The van der Waals surface area contributed by atoms with Gasteiger partial charge in [0.2, 0.25) is 0 Å². The Morgan fingerprint density at radius 2 is 2.06 bits per heavy atom. The molecule has 94 valence electrons. The summed E-state index contributed by atoms with van der Waals surface area (Å²) in [5.41, 5.74) is 0. The Balaban J connectivity index is 1.56. The third kappa shape index (κ3) is 2.53. The summed E-state index contributed by atoms with van der Waals surface area (Å²) in [5.74, 6) is 3.53. The Morgan fingerprint density at radius 1 is 1.28 bits per heavy atom. The summed E-state index contributed by atoms with van der Waals surface area (Å²) in [6, 6.07) is 9.86. The van der Waals surface area contributed by atoms with Gasteiger partial charge in [0.1, 0.15) is 11.6 Å². The van der Waals surface area contributed by atoms with Gasteiger partial charge in [-0.05, 0) is 25.0 Å². The van der Waals surface area contributed by atoms with Crippen molar-refractivity contribution < 1.29 is 4.74 Å². The van der Waals surface area contributed by atoms with E-state index in [1.807, 2.05) is 42.1 Å². The number of aromatic nitrogens is 3. The normalized spacial score (nSPS) is 14.7. The minimum atomic E-state index is 0.611. The first-order valence-electron chi connectivity index (χ1n) is 6.40. The number of hydrogen-bond acceptors (Lipinski definition) is 3. The summed E-state index contributed by atoms with van der Waals surface area (Å²) in [5, 5.41) is 4.45. The summed E-state index contributed by atoms with van der Waals surface area (Å²) >= 11 is 0. The fourth-order valence-corrected chi connectivity index (χ4v) is 1.95.